The van der Waals surface area contributed by atoms with Crippen molar-refractivity contribution in [2.75, 3.05) is 13.1 Å². The molecule has 2 atom stereocenters. The van der Waals surface area contributed by atoms with E-state index in [0.717, 1.165) is 24.0 Å². The molecule has 1 saturated heterocycles. The molecular weight excluding hydrogens is 367 g/mol. The van der Waals surface area contributed by atoms with Crippen LogP contribution in [0.2, 0.25) is 0 Å². The molecular formula is C24H23FN2O2. The van der Waals surface area contributed by atoms with E-state index < -0.39 is 11.9 Å². The summed E-state index contributed by atoms with van der Waals surface area (Å²) in [6.45, 7) is 1.08. The van der Waals surface area contributed by atoms with Gasteiger partial charge in [-0.3, -0.25) is 9.78 Å². The molecule has 0 spiro atoms. The second-order valence-electron chi connectivity index (χ2n) is 7.44. The van der Waals surface area contributed by atoms with Crippen molar-refractivity contribution in [3.8, 4) is 11.1 Å². The third-order valence-corrected chi connectivity index (χ3v) is 5.54. The number of amides is 1. The van der Waals surface area contributed by atoms with Crippen molar-refractivity contribution in [2.45, 2.75) is 18.9 Å². The molecule has 0 radical (unpaired) electrons. The molecule has 4 nitrogen and oxygen atoms in total. The molecule has 2 unspecified atom stereocenters. The van der Waals surface area contributed by atoms with Gasteiger partial charge in [-0.1, -0.05) is 36.4 Å². The summed E-state index contributed by atoms with van der Waals surface area (Å²) < 4.78 is 14.7. The van der Waals surface area contributed by atoms with Crippen molar-refractivity contribution >= 4 is 5.91 Å². The minimum absolute atomic E-state index is 0.0314. The van der Waals surface area contributed by atoms with Crippen LogP contribution in [0.4, 0.5) is 4.39 Å². The molecule has 4 rings (SSSR count). The Bertz CT molecular complexity index is 979. The first-order chi connectivity index (χ1) is 14.1. The van der Waals surface area contributed by atoms with Crippen molar-refractivity contribution in [1.82, 2.24) is 9.88 Å². The standard InChI is InChI=1S/C24H23FN2O2/c25-22-15-19(8-9-21(22)17-10-12-26-13-11-17)24(29)27-14-4-7-20(16-27)23(28)18-5-2-1-3-6-18/h1-3,5-6,8-13,15,20,23,28H,4,7,14,16H2. The van der Waals surface area contributed by atoms with Crippen LogP contribution in [0, 0.1) is 11.7 Å². The average Bonchev–Trinajstić information content (AvgIpc) is 2.79. The first kappa shape index (κ1) is 19.3. The van der Waals surface area contributed by atoms with Gasteiger partial charge in [0.2, 0.25) is 0 Å². The molecule has 2 aromatic carbocycles. The van der Waals surface area contributed by atoms with E-state index in [9.17, 15) is 14.3 Å². The summed E-state index contributed by atoms with van der Waals surface area (Å²) in [4.78, 5) is 18.6. The molecule has 1 aliphatic rings. The highest BCUT2D eigenvalue weighted by Crippen LogP contribution is 2.31. The van der Waals surface area contributed by atoms with E-state index in [4.69, 9.17) is 0 Å². The zero-order valence-corrected chi connectivity index (χ0v) is 16.0. The van der Waals surface area contributed by atoms with Crippen molar-refractivity contribution < 1.29 is 14.3 Å². The van der Waals surface area contributed by atoms with Crippen LogP contribution in [-0.2, 0) is 0 Å². The summed E-state index contributed by atoms with van der Waals surface area (Å²) >= 11 is 0. The second kappa shape index (κ2) is 8.53. The third-order valence-electron chi connectivity index (χ3n) is 5.54. The quantitative estimate of drug-likeness (QED) is 0.715. The smallest absolute Gasteiger partial charge is 0.253 e. The first-order valence-electron chi connectivity index (χ1n) is 9.86. The lowest BCUT2D eigenvalue weighted by molar-refractivity contribution is 0.0401. The van der Waals surface area contributed by atoms with E-state index in [1.165, 1.54) is 6.07 Å². The Morgan fingerprint density at radius 3 is 2.59 bits per heavy atom. The van der Waals surface area contributed by atoms with Gasteiger partial charge in [0.25, 0.3) is 5.91 Å². The number of aliphatic hydroxyl groups is 1. The van der Waals surface area contributed by atoms with Gasteiger partial charge in [-0.25, -0.2) is 4.39 Å². The number of carbonyl (C=O) groups excluding carboxylic acids is 1. The number of pyridine rings is 1. The van der Waals surface area contributed by atoms with E-state index >= 15 is 0 Å². The predicted molar refractivity (Wildman–Crippen MR) is 110 cm³/mol. The van der Waals surface area contributed by atoms with E-state index in [0.29, 0.717) is 24.2 Å². The largest absolute Gasteiger partial charge is 0.388 e. The van der Waals surface area contributed by atoms with E-state index in [1.807, 2.05) is 30.3 Å². The van der Waals surface area contributed by atoms with E-state index in [1.54, 1.807) is 41.6 Å². The van der Waals surface area contributed by atoms with Crippen LogP contribution in [0.25, 0.3) is 11.1 Å². The monoisotopic (exact) mass is 390 g/mol. The Hall–Kier alpha value is -3.05. The molecule has 1 N–H and O–H groups in total. The molecule has 1 amide bonds. The highest BCUT2D eigenvalue weighted by atomic mass is 19.1. The van der Waals surface area contributed by atoms with E-state index in [-0.39, 0.29) is 11.8 Å². The van der Waals surface area contributed by atoms with Crippen molar-refractivity contribution in [2.24, 2.45) is 5.92 Å². The summed E-state index contributed by atoms with van der Waals surface area (Å²) in [5, 5.41) is 10.7. The van der Waals surface area contributed by atoms with Gasteiger partial charge in [0.1, 0.15) is 5.82 Å². The van der Waals surface area contributed by atoms with Crippen molar-refractivity contribution in [3.05, 3.63) is 90.0 Å². The molecule has 0 saturated carbocycles. The lowest BCUT2D eigenvalue weighted by Crippen LogP contribution is -2.41. The van der Waals surface area contributed by atoms with Gasteiger partial charge in [-0.05, 0) is 48.2 Å². The summed E-state index contributed by atoms with van der Waals surface area (Å²) in [6, 6.07) is 17.6. The number of likely N-dealkylation sites (tertiary alicyclic amines) is 1. The van der Waals surface area contributed by atoms with Gasteiger partial charge >= 0.3 is 0 Å². The molecule has 0 bridgehead atoms. The third kappa shape index (κ3) is 4.20. The number of piperidine rings is 1. The summed E-state index contributed by atoms with van der Waals surface area (Å²) in [5.74, 6) is -0.661. The van der Waals surface area contributed by atoms with E-state index in [2.05, 4.69) is 4.98 Å². The maximum absolute atomic E-state index is 14.7. The van der Waals surface area contributed by atoms with Crippen LogP contribution in [0.3, 0.4) is 0 Å². The molecule has 5 heteroatoms. The van der Waals surface area contributed by atoms with Crippen molar-refractivity contribution in [1.29, 1.82) is 0 Å². The van der Waals surface area contributed by atoms with Crippen LogP contribution in [0.5, 0.6) is 0 Å². The number of hydrogen-bond donors (Lipinski definition) is 1. The van der Waals surface area contributed by atoms with Crippen LogP contribution in [0.15, 0.2) is 73.1 Å². The topological polar surface area (TPSA) is 53.4 Å². The normalized spacial score (nSPS) is 17.7. The van der Waals surface area contributed by atoms with Crippen molar-refractivity contribution in [3.63, 3.8) is 0 Å². The Labute approximate surface area is 169 Å². The minimum atomic E-state index is -0.613. The van der Waals surface area contributed by atoms with Gasteiger partial charge in [0.05, 0.1) is 6.10 Å². The molecule has 1 aliphatic heterocycles. The van der Waals surface area contributed by atoms with Gasteiger partial charge in [0, 0.05) is 42.5 Å². The maximum Gasteiger partial charge on any atom is 0.253 e. The van der Waals surface area contributed by atoms with Gasteiger partial charge in [-0.2, -0.15) is 0 Å². The highest BCUT2D eigenvalue weighted by molar-refractivity contribution is 5.94. The van der Waals surface area contributed by atoms with Gasteiger partial charge in [-0.15, -0.1) is 0 Å². The Morgan fingerprint density at radius 2 is 1.86 bits per heavy atom. The number of benzene rings is 2. The number of aromatic nitrogens is 1. The zero-order chi connectivity index (χ0) is 20.2. The van der Waals surface area contributed by atoms with Gasteiger partial charge in [0.15, 0.2) is 0 Å². The van der Waals surface area contributed by atoms with Crippen LogP contribution in [0.1, 0.15) is 34.9 Å². The zero-order valence-electron chi connectivity index (χ0n) is 16.0. The first-order valence-corrected chi connectivity index (χ1v) is 9.86. The Kier molecular flexibility index (Phi) is 5.67. The fourth-order valence-corrected chi connectivity index (χ4v) is 3.97. The number of aliphatic hydroxyl groups excluding tert-OH is 1. The van der Waals surface area contributed by atoms with Gasteiger partial charge < -0.3 is 10.0 Å². The molecule has 0 aliphatic carbocycles. The number of nitrogens with zero attached hydrogens (tertiary/aromatic N) is 2. The Balaban J connectivity index is 1.50. The molecule has 29 heavy (non-hydrogen) atoms. The van der Waals surface area contributed by atoms with Crippen LogP contribution in [-0.4, -0.2) is 34.0 Å². The predicted octanol–water partition coefficient (Wildman–Crippen LogP) is 4.47. The number of carbonyl (C=O) groups is 1. The van der Waals surface area contributed by atoms with Crippen LogP contribution >= 0.6 is 0 Å². The fraction of sp³-hybridized carbons (Fsp3) is 0.250. The molecule has 2 heterocycles. The average molecular weight is 390 g/mol. The number of hydrogen-bond acceptors (Lipinski definition) is 3. The summed E-state index contributed by atoms with van der Waals surface area (Å²) in [6.07, 6.45) is 4.28. The SMILES string of the molecule is O=C(c1ccc(-c2ccncc2)c(F)c1)N1CCCC(C(O)c2ccccc2)C1. The molecule has 148 valence electrons. The fourth-order valence-electron chi connectivity index (χ4n) is 3.97. The number of rotatable bonds is 4. The lowest BCUT2D eigenvalue weighted by atomic mass is 9.88. The minimum Gasteiger partial charge on any atom is -0.388 e. The lowest BCUT2D eigenvalue weighted by Gasteiger charge is -2.35. The summed E-state index contributed by atoms with van der Waals surface area (Å²) in [5.41, 5.74) is 2.36. The summed E-state index contributed by atoms with van der Waals surface area (Å²) in [7, 11) is 0. The second-order valence-corrected chi connectivity index (χ2v) is 7.44. The highest BCUT2D eigenvalue weighted by Gasteiger charge is 2.30. The molecule has 1 aromatic heterocycles. The maximum atomic E-state index is 14.7. The molecule has 1 fully saturated rings. The van der Waals surface area contributed by atoms with Crippen LogP contribution < -0.4 is 0 Å². The number of halogens is 1. The molecule has 3 aromatic rings. The Morgan fingerprint density at radius 1 is 1.10 bits per heavy atom.